The molecule has 0 saturated heterocycles. The van der Waals surface area contributed by atoms with E-state index in [1.54, 1.807) is 17.4 Å². The van der Waals surface area contributed by atoms with E-state index in [1.165, 1.54) is 10.9 Å². The molecule has 96 valence electrons. The summed E-state index contributed by atoms with van der Waals surface area (Å²) in [5.41, 5.74) is 2.09. The van der Waals surface area contributed by atoms with Crippen LogP contribution in [0, 0.1) is 5.82 Å². The molecule has 1 aromatic carbocycles. The normalized spacial score (nSPS) is 11.5. The molecule has 0 aliphatic carbocycles. The summed E-state index contributed by atoms with van der Waals surface area (Å²) in [6.07, 6.45) is 1.90. The molecular weight excluding hydrogens is 245 g/mol. The maximum atomic E-state index is 13.4. The van der Waals surface area contributed by atoms with Gasteiger partial charge in [-0.15, -0.1) is 11.3 Å². The van der Waals surface area contributed by atoms with E-state index in [-0.39, 0.29) is 5.82 Å². The zero-order chi connectivity index (χ0) is 13.3. The number of nitrogens with zero attached hydrogens (tertiary/aromatic N) is 1. The second-order valence-corrected chi connectivity index (χ2v) is 6.17. The Balaban J connectivity index is 2.51. The van der Waals surface area contributed by atoms with Gasteiger partial charge in [0, 0.05) is 16.6 Å². The molecule has 2 rings (SSSR count). The fourth-order valence-corrected chi connectivity index (χ4v) is 2.85. The summed E-state index contributed by atoms with van der Waals surface area (Å²) in [5, 5.41) is 0.918. The highest BCUT2D eigenvalue weighted by Gasteiger charge is 2.14. The smallest absolute Gasteiger partial charge is 0.123 e. The van der Waals surface area contributed by atoms with Crippen LogP contribution in [0.4, 0.5) is 4.39 Å². The van der Waals surface area contributed by atoms with Crippen LogP contribution in [0.2, 0.25) is 0 Å². The quantitative estimate of drug-likeness (QED) is 0.742. The van der Waals surface area contributed by atoms with Crippen molar-refractivity contribution < 1.29 is 4.39 Å². The lowest BCUT2D eigenvalue weighted by Gasteiger charge is -2.10. The van der Waals surface area contributed by atoms with Gasteiger partial charge in [0.25, 0.3) is 0 Å². The third-order valence-electron chi connectivity index (χ3n) is 2.96. The molecule has 0 N–H and O–H groups in total. The molecule has 0 aliphatic rings. The summed E-state index contributed by atoms with van der Waals surface area (Å²) < 4.78 is 13.4. The molecule has 0 bridgehead atoms. The van der Waals surface area contributed by atoms with Crippen molar-refractivity contribution >= 4 is 11.3 Å². The van der Waals surface area contributed by atoms with Crippen molar-refractivity contribution in [1.29, 1.82) is 0 Å². The Labute approximate surface area is 112 Å². The summed E-state index contributed by atoms with van der Waals surface area (Å²) in [4.78, 5) is 5.68. The van der Waals surface area contributed by atoms with E-state index in [0.29, 0.717) is 11.8 Å². The minimum absolute atomic E-state index is 0.198. The van der Waals surface area contributed by atoms with Gasteiger partial charge in [-0.05, 0) is 29.5 Å². The molecule has 0 fully saturated rings. The van der Waals surface area contributed by atoms with Crippen molar-refractivity contribution in [3.63, 3.8) is 0 Å². The number of benzene rings is 1. The predicted molar refractivity (Wildman–Crippen MR) is 75.7 cm³/mol. The van der Waals surface area contributed by atoms with Gasteiger partial charge in [-0.25, -0.2) is 9.37 Å². The van der Waals surface area contributed by atoms with Gasteiger partial charge in [0.15, 0.2) is 0 Å². The largest absolute Gasteiger partial charge is 0.244 e. The van der Waals surface area contributed by atoms with E-state index in [1.807, 2.05) is 12.3 Å². The van der Waals surface area contributed by atoms with Gasteiger partial charge in [0.2, 0.25) is 0 Å². The minimum atomic E-state index is -0.198. The summed E-state index contributed by atoms with van der Waals surface area (Å²) in [5.74, 6) is 0.634. The third kappa shape index (κ3) is 2.61. The fourth-order valence-electron chi connectivity index (χ4n) is 1.90. The van der Waals surface area contributed by atoms with Gasteiger partial charge >= 0.3 is 0 Å². The van der Waals surface area contributed by atoms with Crippen LogP contribution in [0.3, 0.4) is 0 Å². The lowest BCUT2D eigenvalue weighted by atomic mass is 9.97. The summed E-state index contributed by atoms with van der Waals surface area (Å²) >= 11 is 1.66. The summed E-state index contributed by atoms with van der Waals surface area (Å²) in [6.45, 7) is 8.53. The maximum absolute atomic E-state index is 13.4. The van der Waals surface area contributed by atoms with Crippen molar-refractivity contribution in [1.82, 2.24) is 4.98 Å². The van der Waals surface area contributed by atoms with E-state index in [0.717, 1.165) is 16.1 Å². The lowest BCUT2D eigenvalue weighted by molar-refractivity contribution is 0.627. The minimum Gasteiger partial charge on any atom is -0.244 e. The van der Waals surface area contributed by atoms with E-state index in [2.05, 4.69) is 32.7 Å². The Morgan fingerprint density at radius 3 is 2.39 bits per heavy atom. The van der Waals surface area contributed by atoms with Crippen molar-refractivity contribution in [3.05, 3.63) is 40.7 Å². The zero-order valence-corrected chi connectivity index (χ0v) is 12.0. The van der Waals surface area contributed by atoms with Crippen molar-refractivity contribution in [3.8, 4) is 10.6 Å². The number of halogens is 1. The van der Waals surface area contributed by atoms with Crippen LogP contribution in [-0.4, -0.2) is 4.98 Å². The zero-order valence-electron chi connectivity index (χ0n) is 11.2. The molecule has 1 heterocycles. The van der Waals surface area contributed by atoms with Gasteiger partial charge in [0.05, 0.1) is 0 Å². The average Bonchev–Trinajstić information content (AvgIpc) is 2.77. The molecule has 1 nitrogen and oxygen atoms in total. The van der Waals surface area contributed by atoms with Gasteiger partial charge in [-0.1, -0.05) is 33.8 Å². The standard InChI is InChI=1S/C15H18FNS/c1-9(2)12-6-5-11(16)7-13(12)15-17-8-14(18-15)10(3)4/h5-10H,1-4H3. The first-order valence-electron chi connectivity index (χ1n) is 6.24. The van der Waals surface area contributed by atoms with Crippen LogP contribution in [0.15, 0.2) is 24.4 Å². The lowest BCUT2D eigenvalue weighted by Crippen LogP contribution is -1.93. The Morgan fingerprint density at radius 1 is 1.11 bits per heavy atom. The Kier molecular flexibility index (Phi) is 3.81. The van der Waals surface area contributed by atoms with Crippen LogP contribution in [0.25, 0.3) is 10.6 Å². The first-order valence-corrected chi connectivity index (χ1v) is 7.06. The maximum Gasteiger partial charge on any atom is 0.123 e. The molecule has 0 unspecified atom stereocenters. The molecule has 2 aromatic rings. The molecule has 18 heavy (non-hydrogen) atoms. The number of rotatable bonds is 3. The molecule has 0 aliphatic heterocycles. The highest BCUT2D eigenvalue weighted by molar-refractivity contribution is 7.15. The molecule has 0 atom stereocenters. The molecule has 0 spiro atoms. The topological polar surface area (TPSA) is 12.9 Å². The fraction of sp³-hybridized carbons (Fsp3) is 0.400. The van der Waals surface area contributed by atoms with Crippen LogP contribution < -0.4 is 0 Å². The van der Waals surface area contributed by atoms with Gasteiger partial charge < -0.3 is 0 Å². The molecule has 0 amide bonds. The van der Waals surface area contributed by atoms with Crippen LogP contribution in [0.1, 0.15) is 50.0 Å². The summed E-state index contributed by atoms with van der Waals surface area (Å²) in [7, 11) is 0. The predicted octanol–water partition coefficient (Wildman–Crippen LogP) is 5.20. The number of aromatic nitrogens is 1. The third-order valence-corrected chi connectivity index (χ3v) is 4.29. The second kappa shape index (κ2) is 5.19. The monoisotopic (exact) mass is 263 g/mol. The van der Waals surface area contributed by atoms with Crippen molar-refractivity contribution in [2.24, 2.45) is 0 Å². The van der Waals surface area contributed by atoms with Crippen LogP contribution in [0.5, 0.6) is 0 Å². The molecule has 0 saturated carbocycles. The van der Waals surface area contributed by atoms with Crippen LogP contribution >= 0.6 is 11.3 Å². The van der Waals surface area contributed by atoms with E-state index in [9.17, 15) is 4.39 Å². The SMILES string of the molecule is CC(C)c1cnc(-c2cc(F)ccc2C(C)C)s1. The number of hydrogen-bond donors (Lipinski definition) is 0. The van der Waals surface area contributed by atoms with Crippen molar-refractivity contribution in [2.45, 2.75) is 39.5 Å². The molecular formula is C15H18FNS. The van der Waals surface area contributed by atoms with E-state index < -0.39 is 0 Å². The Bertz CT molecular complexity index is 543. The van der Waals surface area contributed by atoms with Gasteiger partial charge in [-0.3, -0.25) is 0 Å². The number of thiazole rings is 1. The van der Waals surface area contributed by atoms with E-state index >= 15 is 0 Å². The first kappa shape index (κ1) is 13.2. The highest BCUT2D eigenvalue weighted by Crippen LogP contribution is 2.34. The highest BCUT2D eigenvalue weighted by atomic mass is 32.1. The number of hydrogen-bond acceptors (Lipinski definition) is 2. The molecule has 3 heteroatoms. The molecule has 1 aromatic heterocycles. The van der Waals surface area contributed by atoms with Gasteiger partial charge in [0.1, 0.15) is 10.8 Å². The van der Waals surface area contributed by atoms with Crippen molar-refractivity contribution in [2.75, 3.05) is 0 Å². The first-order chi connectivity index (χ1) is 8.49. The summed E-state index contributed by atoms with van der Waals surface area (Å²) in [6, 6.07) is 4.99. The van der Waals surface area contributed by atoms with E-state index in [4.69, 9.17) is 0 Å². The average molecular weight is 263 g/mol. The van der Waals surface area contributed by atoms with Crippen LogP contribution in [-0.2, 0) is 0 Å². The Hall–Kier alpha value is -1.22. The Morgan fingerprint density at radius 2 is 1.83 bits per heavy atom. The van der Waals surface area contributed by atoms with Gasteiger partial charge in [-0.2, -0.15) is 0 Å². The second-order valence-electron chi connectivity index (χ2n) is 5.11. The molecule has 0 radical (unpaired) electrons.